The second kappa shape index (κ2) is 4.88. The number of nitrogens with one attached hydrogen (secondary N) is 2. The molecule has 92 valence electrons. The fourth-order valence-electron chi connectivity index (χ4n) is 1.81. The maximum absolute atomic E-state index is 4.65. The van der Waals surface area contributed by atoms with Crippen LogP contribution in [0.25, 0.3) is 10.2 Å². The SMILES string of the molecule is CC(NCc1cn[nH]c1)c1nc2ccccc2s1. The summed E-state index contributed by atoms with van der Waals surface area (Å²) in [6.45, 7) is 2.94. The van der Waals surface area contributed by atoms with Crippen molar-refractivity contribution < 1.29 is 0 Å². The Morgan fingerprint density at radius 3 is 3.06 bits per heavy atom. The van der Waals surface area contributed by atoms with Crippen LogP contribution in [0.1, 0.15) is 23.5 Å². The van der Waals surface area contributed by atoms with Crippen molar-refractivity contribution in [3.63, 3.8) is 0 Å². The molecular formula is C13H14N4S. The maximum Gasteiger partial charge on any atom is 0.111 e. The quantitative estimate of drug-likeness (QED) is 0.756. The van der Waals surface area contributed by atoms with Crippen molar-refractivity contribution in [1.82, 2.24) is 20.5 Å². The molecule has 1 atom stereocenters. The zero-order valence-corrected chi connectivity index (χ0v) is 10.9. The van der Waals surface area contributed by atoms with Crippen LogP contribution in [-0.2, 0) is 6.54 Å². The topological polar surface area (TPSA) is 53.6 Å². The third-order valence-corrected chi connectivity index (χ3v) is 4.07. The molecule has 0 bridgehead atoms. The fourth-order valence-corrected chi connectivity index (χ4v) is 2.80. The Labute approximate surface area is 109 Å². The lowest BCUT2D eigenvalue weighted by Gasteiger charge is -2.09. The van der Waals surface area contributed by atoms with E-state index in [9.17, 15) is 0 Å². The molecule has 1 unspecified atom stereocenters. The van der Waals surface area contributed by atoms with Crippen molar-refractivity contribution in [3.05, 3.63) is 47.2 Å². The first-order chi connectivity index (χ1) is 8.83. The van der Waals surface area contributed by atoms with Gasteiger partial charge in [-0.1, -0.05) is 12.1 Å². The highest BCUT2D eigenvalue weighted by atomic mass is 32.1. The van der Waals surface area contributed by atoms with Crippen LogP contribution in [-0.4, -0.2) is 15.2 Å². The highest BCUT2D eigenvalue weighted by Crippen LogP contribution is 2.26. The van der Waals surface area contributed by atoms with Crippen molar-refractivity contribution in [2.45, 2.75) is 19.5 Å². The summed E-state index contributed by atoms with van der Waals surface area (Å²) in [7, 11) is 0. The van der Waals surface area contributed by atoms with Gasteiger partial charge >= 0.3 is 0 Å². The average Bonchev–Trinajstić information content (AvgIpc) is 3.04. The van der Waals surface area contributed by atoms with Gasteiger partial charge in [0.2, 0.25) is 0 Å². The Bertz CT molecular complexity index is 596. The van der Waals surface area contributed by atoms with Gasteiger partial charge in [0.1, 0.15) is 5.01 Å². The van der Waals surface area contributed by atoms with Gasteiger partial charge in [-0.3, -0.25) is 5.10 Å². The molecule has 0 radical (unpaired) electrons. The highest BCUT2D eigenvalue weighted by molar-refractivity contribution is 7.18. The predicted octanol–water partition coefficient (Wildman–Crippen LogP) is 2.87. The monoisotopic (exact) mass is 258 g/mol. The first-order valence-corrected chi connectivity index (χ1v) is 6.71. The number of fused-ring (bicyclic) bond motifs is 1. The molecule has 1 aromatic carbocycles. The largest absolute Gasteiger partial charge is 0.304 e. The van der Waals surface area contributed by atoms with Gasteiger partial charge in [-0.25, -0.2) is 4.98 Å². The molecule has 18 heavy (non-hydrogen) atoms. The van der Waals surface area contributed by atoms with E-state index in [1.165, 1.54) is 4.70 Å². The smallest absolute Gasteiger partial charge is 0.111 e. The molecule has 3 aromatic rings. The van der Waals surface area contributed by atoms with Gasteiger partial charge in [-0.15, -0.1) is 11.3 Å². The molecule has 5 heteroatoms. The third kappa shape index (κ3) is 2.27. The molecule has 0 aliphatic carbocycles. The van der Waals surface area contributed by atoms with Crippen molar-refractivity contribution in [2.24, 2.45) is 0 Å². The molecule has 0 aliphatic rings. The number of aromatic nitrogens is 3. The zero-order valence-electron chi connectivity index (χ0n) is 10.1. The minimum atomic E-state index is 0.248. The summed E-state index contributed by atoms with van der Waals surface area (Å²) in [6, 6.07) is 8.48. The second-order valence-electron chi connectivity index (χ2n) is 4.23. The van der Waals surface area contributed by atoms with E-state index in [1.54, 1.807) is 11.3 Å². The molecule has 0 amide bonds. The van der Waals surface area contributed by atoms with Crippen molar-refractivity contribution in [1.29, 1.82) is 0 Å². The number of rotatable bonds is 4. The molecule has 3 rings (SSSR count). The number of nitrogens with zero attached hydrogens (tertiary/aromatic N) is 2. The lowest BCUT2D eigenvalue weighted by molar-refractivity contribution is 0.573. The van der Waals surface area contributed by atoms with Gasteiger partial charge in [0.15, 0.2) is 0 Å². The van der Waals surface area contributed by atoms with Gasteiger partial charge in [-0.2, -0.15) is 5.10 Å². The Hall–Kier alpha value is -1.72. The van der Waals surface area contributed by atoms with Crippen LogP contribution < -0.4 is 5.32 Å². The molecular weight excluding hydrogens is 244 g/mol. The summed E-state index contributed by atoms with van der Waals surface area (Å²) in [6.07, 6.45) is 3.73. The van der Waals surface area contributed by atoms with Crippen LogP contribution >= 0.6 is 11.3 Å². The standard InChI is InChI=1S/C13H14N4S/c1-9(14-6-10-7-15-16-8-10)13-17-11-4-2-3-5-12(11)18-13/h2-5,7-9,14H,6H2,1H3,(H,15,16). The van der Waals surface area contributed by atoms with Gasteiger partial charge in [-0.05, 0) is 19.1 Å². The summed E-state index contributed by atoms with van der Waals surface area (Å²) < 4.78 is 1.24. The molecule has 4 nitrogen and oxygen atoms in total. The Morgan fingerprint density at radius 1 is 1.39 bits per heavy atom. The molecule has 0 spiro atoms. The summed E-state index contributed by atoms with van der Waals surface area (Å²) in [5.74, 6) is 0. The zero-order chi connectivity index (χ0) is 12.4. The van der Waals surface area contributed by atoms with Crippen LogP contribution in [0.15, 0.2) is 36.7 Å². The van der Waals surface area contributed by atoms with Gasteiger partial charge in [0, 0.05) is 18.3 Å². The number of hydrogen-bond donors (Lipinski definition) is 2. The lowest BCUT2D eigenvalue weighted by atomic mass is 10.3. The normalized spacial score (nSPS) is 12.9. The third-order valence-electron chi connectivity index (χ3n) is 2.85. The van der Waals surface area contributed by atoms with E-state index in [0.717, 1.165) is 22.6 Å². The fraction of sp³-hybridized carbons (Fsp3) is 0.231. The van der Waals surface area contributed by atoms with Gasteiger partial charge in [0.25, 0.3) is 0 Å². The van der Waals surface area contributed by atoms with Crippen LogP contribution in [0, 0.1) is 0 Å². The summed E-state index contributed by atoms with van der Waals surface area (Å²) in [4.78, 5) is 4.65. The molecule has 2 N–H and O–H groups in total. The Morgan fingerprint density at radius 2 is 2.28 bits per heavy atom. The van der Waals surface area contributed by atoms with Crippen molar-refractivity contribution in [2.75, 3.05) is 0 Å². The summed E-state index contributed by atoms with van der Waals surface area (Å²) in [5, 5.41) is 11.3. The molecule has 2 heterocycles. The van der Waals surface area contributed by atoms with Gasteiger partial charge in [0.05, 0.1) is 22.5 Å². The number of hydrogen-bond acceptors (Lipinski definition) is 4. The van der Waals surface area contributed by atoms with Crippen molar-refractivity contribution >= 4 is 21.6 Å². The van der Waals surface area contributed by atoms with E-state index in [2.05, 4.69) is 39.6 Å². The molecule has 2 aromatic heterocycles. The Kier molecular flexibility index (Phi) is 3.08. The molecule has 0 saturated heterocycles. The lowest BCUT2D eigenvalue weighted by Crippen LogP contribution is -2.17. The number of H-pyrrole nitrogens is 1. The first kappa shape index (κ1) is 11.4. The van der Waals surface area contributed by atoms with Crippen LogP contribution in [0.4, 0.5) is 0 Å². The summed E-state index contributed by atoms with van der Waals surface area (Å²) >= 11 is 1.75. The van der Waals surface area contributed by atoms with E-state index in [-0.39, 0.29) is 6.04 Å². The van der Waals surface area contributed by atoms with E-state index >= 15 is 0 Å². The minimum Gasteiger partial charge on any atom is -0.304 e. The van der Waals surface area contributed by atoms with Crippen molar-refractivity contribution in [3.8, 4) is 0 Å². The predicted molar refractivity (Wildman–Crippen MR) is 73.5 cm³/mol. The minimum absolute atomic E-state index is 0.248. The van der Waals surface area contributed by atoms with Crippen LogP contribution in [0.3, 0.4) is 0 Å². The average molecular weight is 258 g/mol. The number of thiazole rings is 1. The molecule has 0 aliphatic heterocycles. The maximum atomic E-state index is 4.65. The van der Waals surface area contributed by atoms with E-state index in [4.69, 9.17) is 0 Å². The van der Waals surface area contributed by atoms with Crippen LogP contribution in [0.2, 0.25) is 0 Å². The first-order valence-electron chi connectivity index (χ1n) is 5.89. The van der Waals surface area contributed by atoms with E-state index in [0.29, 0.717) is 0 Å². The number of benzene rings is 1. The van der Waals surface area contributed by atoms with E-state index < -0.39 is 0 Å². The summed E-state index contributed by atoms with van der Waals surface area (Å²) in [5.41, 5.74) is 2.23. The molecule has 0 fully saturated rings. The molecule has 0 saturated carbocycles. The van der Waals surface area contributed by atoms with E-state index in [1.807, 2.05) is 24.5 Å². The Balaban J connectivity index is 1.73. The second-order valence-corrected chi connectivity index (χ2v) is 5.29. The number of aromatic amines is 1. The van der Waals surface area contributed by atoms with Crippen LogP contribution in [0.5, 0.6) is 0 Å². The highest BCUT2D eigenvalue weighted by Gasteiger charge is 2.10. The number of para-hydroxylation sites is 1. The van der Waals surface area contributed by atoms with Gasteiger partial charge < -0.3 is 5.32 Å².